The lowest BCUT2D eigenvalue weighted by atomic mass is 9.92. The number of hydrogen-bond acceptors (Lipinski definition) is 2. The van der Waals surface area contributed by atoms with Crippen LogP contribution in [0.2, 0.25) is 0 Å². The molecule has 1 aliphatic heterocycles. The molecule has 0 spiro atoms. The zero-order valence-corrected chi connectivity index (χ0v) is 12.6. The Morgan fingerprint density at radius 2 is 1.84 bits per heavy atom. The highest BCUT2D eigenvalue weighted by Gasteiger charge is 2.22. The van der Waals surface area contributed by atoms with Gasteiger partial charge in [-0.15, -0.1) is 0 Å². The molecule has 2 unspecified atom stereocenters. The van der Waals surface area contributed by atoms with Crippen molar-refractivity contribution in [1.82, 2.24) is 10.2 Å². The highest BCUT2D eigenvalue weighted by Crippen LogP contribution is 2.24. The second-order valence-electron chi connectivity index (χ2n) is 6.14. The topological polar surface area (TPSA) is 15.3 Å². The van der Waals surface area contributed by atoms with Gasteiger partial charge >= 0.3 is 0 Å². The third-order valence-corrected chi connectivity index (χ3v) is 4.46. The number of nitrogens with zero attached hydrogens (tertiary/aromatic N) is 1. The van der Waals surface area contributed by atoms with E-state index in [4.69, 9.17) is 0 Å². The van der Waals surface area contributed by atoms with E-state index >= 15 is 0 Å². The summed E-state index contributed by atoms with van der Waals surface area (Å²) in [6, 6.07) is 11.3. The molecule has 19 heavy (non-hydrogen) atoms. The maximum Gasteiger partial charge on any atom is 0.0355 e. The molecule has 2 rings (SSSR count). The smallest absolute Gasteiger partial charge is 0.0355 e. The standard InChI is InChI=1S/C17H28N2/c1-14-9-11-19(12-10-14)13-15(2)17(18-3)16-7-5-4-6-8-16/h4-8,14-15,17-18H,9-13H2,1-3H3. The first kappa shape index (κ1) is 14.5. The first-order valence-electron chi connectivity index (χ1n) is 7.65. The quantitative estimate of drug-likeness (QED) is 0.873. The van der Waals surface area contributed by atoms with Gasteiger partial charge in [0.05, 0.1) is 0 Å². The number of nitrogens with one attached hydrogen (secondary N) is 1. The van der Waals surface area contributed by atoms with Crippen molar-refractivity contribution in [3.8, 4) is 0 Å². The van der Waals surface area contributed by atoms with Gasteiger partial charge in [0.2, 0.25) is 0 Å². The summed E-state index contributed by atoms with van der Waals surface area (Å²) < 4.78 is 0. The normalized spacial score (nSPS) is 21.2. The summed E-state index contributed by atoms with van der Waals surface area (Å²) >= 11 is 0. The van der Waals surface area contributed by atoms with Crippen LogP contribution in [0.5, 0.6) is 0 Å². The number of likely N-dealkylation sites (tertiary alicyclic amines) is 1. The first-order chi connectivity index (χ1) is 9.20. The van der Waals surface area contributed by atoms with Crippen LogP contribution in [0, 0.1) is 11.8 Å². The van der Waals surface area contributed by atoms with Gasteiger partial charge in [-0.2, -0.15) is 0 Å². The lowest BCUT2D eigenvalue weighted by Crippen LogP contribution is -2.39. The zero-order valence-electron chi connectivity index (χ0n) is 12.6. The minimum absolute atomic E-state index is 0.459. The molecule has 0 amide bonds. The van der Waals surface area contributed by atoms with Gasteiger partial charge in [0.1, 0.15) is 0 Å². The van der Waals surface area contributed by atoms with E-state index in [1.54, 1.807) is 0 Å². The fraction of sp³-hybridized carbons (Fsp3) is 0.647. The summed E-state index contributed by atoms with van der Waals surface area (Å²) in [5.74, 6) is 1.56. The number of rotatable bonds is 5. The van der Waals surface area contributed by atoms with Crippen molar-refractivity contribution >= 4 is 0 Å². The Balaban J connectivity index is 1.92. The summed E-state index contributed by atoms with van der Waals surface area (Å²) in [6.07, 6.45) is 2.73. The fourth-order valence-electron chi connectivity index (χ4n) is 3.20. The molecule has 2 nitrogen and oxygen atoms in total. The second-order valence-corrected chi connectivity index (χ2v) is 6.14. The average Bonchev–Trinajstić information content (AvgIpc) is 2.43. The Kier molecular flexibility index (Phi) is 5.41. The first-order valence-corrected chi connectivity index (χ1v) is 7.65. The fourth-order valence-corrected chi connectivity index (χ4v) is 3.20. The van der Waals surface area contributed by atoms with Crippen LogP contribution in [0.25, 0.3) is 0 Å². The second kappa shape index (κ2) is 7.06. The van der Waals surface area contributed by atoms with Crippen molar-refractivity contribution in [3.05, 3.63) is 35.9 Å². The van der Waals surface area contributed by atoms with Gasteiger partial charge in [-0.3, -0.25) is 0 Å². The molecule has 0 aliphatic carbocycles. The van der Waals surface area contributed by atoms with Gasteiger partial charge < -0.3 is 10.2 Å². The van der Waals surface area contributed by atoms with Gasteiger partial charge in [0, 0.05) is 12.6 Å². The predicted molar refractivity (Wildman–Crippen MR) is 82.2 cm³/mol. The van der Waals surface area contributed by atoms with Gasteiger partial charge in [-0.25, -0.2) is 0 Å². The van der Waals surface area contributed by atoms with Crippen molar-refractivity contribution in [3.63, 3.8) is 0 Å². The van der Waals surface area contributed by atoms with E-state index < -0.39 is 0 Å². The highest BCUT2D eigenvalue weighted by atomic mass is 15.1. The molecule has 0 aromatic heterocycles. The van der Waals surface area contributed by atoms with E-state index in [2.05, 4.69) is 61.4 Å². The molecule has 1 aromatic carbocycles. The maximum absolute atomic E-state index is 3.49. The molecule has 1 heterocycles. The number of piperidine rings is 1. The average molecular weight is 260 g/mol. The van der Waals surface area contributed by atoms with Crippen LogP contribution in [-0.2, 0) is 0 Å². The van der Waals surface area contributed by atoms with E-state index in [1.165, 1.54) is 38.0 Å². The van der Waals surface area contributed by atoms with E-state index in [0.29, 0.717) is 12.0 Å². The largest absolute Gasteiger partial charge is 0.313 e. The summed E-state index contributed by atoms with van der Waals surface area (Å²) in [5.41, 5.74) is 1.41. The SMILES string of the molecule is CNC(c1ccccc1)C(C)CN1CCC(C)CC1. The van der Waals surface area contributed by atoms with Crippen LogP contribution >= 0.6 is 0 Å². The molecule has 1 N–H and O–H groups in total. The Labute approximate surface area is 118 Å². The van der Waals surface area contributed by atoms with Crippen molar-refractivity contribution < 1.29 is 0 Å². The lowest BCUT2D eigenvalue weighted by molar-refractivity contribution is 0.158. The Morgan fingerprint density at radius 3 is 2.42 bits per heavy atom. The summed E-state index contributed by atoms with van der Waals surface area (Å²) in [7, 11) is 2.08. The number of hydrogen-bond donors (Lipinski definition) is 1. The summed E-state index contributed by atoms with van der Waals surface area (Å²) in [4.78, 5) is 2.64. The molecular weight excluding hydrogens is 232 g/mol. The summed E-state index contributed by atoms with van der Waals surface area (Å²) in [6.45, 7) is 8.49. The molecule has 1 saturated heterocycles. The van der Waals surface area contributed by atoms with Gasteiger partial charge in [0.25, 0.3) is 0 Å². The molecule has 106 valence electrons. The van der Waals surface area contributed by atoms with E-state index in [-0.39, 0.29) is 0 Å². The monoisotopic (exact) mass is 260 g/mol. The molecule has 1 fully saturated rings. The van der Waals surface area contributed by atoms with Crippen molar-refractivity contribution in [1.29, 1.82) is 0 Å². The van der Waals surface area contributed by atoms with Crippen LogP contribution in [0.15, 0.2) is 30.3 Å². The molecular formula is C17H28N2. The Hall–Kier alpha value is -0.860. The van der Waals surface area contributed by atoms with E-state index in [1.807, 2.05) is 0 Å². The Morgan fingerprint density at radius 1 is 1.21 bits per heavy atom. The van der Waals surface area contributed by atoms with Crippen LogP contribution in [0.3, 0.4) is 0 Å². The molecule has 2 atom stereocenters. The van der Waals surface area contributed by atoms with Crippen LogP contribution < -0.4 is 5.32 Å². The molecule has 0 bridgehead atoms. The Bertz CT molecular complexity index is 355. The maximum atomic E-state index is 3.49. The third-order valence-electron chi connectivity index (χ3n) is 4.46. The molecule has 1 aliphatic rings. The molecule has 2 heteroatoms. The van der Waals surface area contributed by atoms with Crippen molar-refractivity contribution in [2.45, 2.75) is 32.7 Å². The molecule has 0 saturated carbocycles. The number of benzene rings is 1. The van der Waals surface area contributed by atoms with Crippen LogP contribution in [0.1, 0.15) is 38.3 Å². The highest BCUT2D eigenvalue weighted by molar-refractivity contribution is 5.19. The van der Waals surface area contributed by atoms with Crippen LogP contribution in [-0.4, -0.2) is 31.6 Å². The van der Waals surface area contributed by atoms with E-state index in [0.717, 1.165) is 5.92 Å². The van der Waals surface area contributed by atoms with E-state index in [9.17, 15) is 0 Å². The van der Waals surface area contributed by atoms with Crippen molar-refractivity contribution in [2.24, 2.45) is 11.8 Å². The molecule has 0 radical (unpaired) electrons. The zero-order chi connectivity index (χ0) is 13.7. The van der Waals surface area contributed by atoms with Gasteiger partial charge in [0.15, 0.2) is 0 Å². The minimum atomic E-state index is 0.459. The lowest BCUT2D eigenvalue weighted by Gasteiger charge is -2.34. The van der Waals surface area contributed by atoms with Gasteiger partial charge in [-0.1, -0.05) is 44.2 Å². The molecule has 1 aromatic rings. The predicted octanol–water partition coefficient (Wildman–Crippen LogP) is 3.32. The van der Waals surface area contributed by atoms with Crippen LogP contribution in [0.4, 0.5) is 0 Å². The third kappa shape index (κ3) is 4.05. The minimum Gasteiger partial charge on any atom is -0.313 e. The van der Waals surface area contributed by atoms with Crippen molar-refractivity contribution in [2.75, 3.05) is 26.7 Å². The summed E-state index contributed by atoms with van der Waals surface area (Å²) in [5, 5.41) is 3.49. The van der Waals surface area contributed by atoms with Gasteiger partial charge in [-0.05, 0) is 50.4 Å².